The van der Waals surface area contributed by atoms with Gasteiger partial charge in [-0.2, -0.15) is 0 Å². The zero-order valence-corrected chi connectivity index (χ0v) is 9.76. The van der Waals surface area contributed by atoms with Crippen LogP contribution in [0.1, 0.15) is 34.1 Å². The van der Waals surface area contributed by atoms with Crippen LogP contribution < -0.4 is 5.32 Å². The minimum atomic E-state index is -0.100. The van der Waals surface area contributed by atoms with Crippen molar-refractivity contribution in [3.63, 3.8) is 0 Å². The highest BCUT2D eigenvalue weighted by Gasteiger charge is 2.29. The van der Waals surface area contributed by atoms with Crippen LogP contribution in [0.5, 0.6) is 0 Å². The highest BCUT2D eigenvalue weighted by atomic mass is 16.2. The van der Waals surface area contributed by atoms with E-state index in [-0.39, 0.29) is 17.4 Å². The molecule has 1 atom stereocenters. The lowest BCUT2D eigenvalue weighted by atomic mass is 10.0. The molecule has 1 N–H and O–H groups in total. The van der Waals surface area contributed by atoms with Crippen molar-refractivity contribution in [2.45, 2.75) is 39.7 Å². The number of amides is 1. The van der Waals surface area contributed by atoms with Crippen LogP contribution in [0.15, 0.2) is 0 Å². The van der Waals surface area contributed by atoms with Gasteiger partial charge in [0.1, 0.15) is 0 Å². The second-order valence-corrected chi connectivity index (χ2v) is 5.12. The minimum Gasteiger partial charge on any atom is -0.351 e. The fourth-order valence-corrected chi connectivity index (χ4v) is 1.81. The molecule has 0 aromatic heterocycles. The van der Waals surface area contributed by atoms with E-state index in [4.69, 9.17) is 0 Å². The molecule has 1 aliphatic rings. The van der Waals surface area contributed by atoms with Gasteiger partial charge in [-0.05, 0) is 40.3 Å². The Labute approximate surface area is 86.9 Å². The second-order valence-electron chi connectivity index (χ2n) is 5.12. The average Bonchev–Trinajstić information content (AvgIpc) is 2.48. The fraction of sp³-hybridized carbons (Fsp3) is 0.909. The van der Waals surface area contributed by atoms with Gasteiger partial charge in [0.2, 0.25) is 5.91 Å². The second kappa shape index (κ2) is 4.30. The molecule has 3 nitrogen and oxygen atoms in total. The van der Waals surface area contributed by atoms with Crippen LogP contribution in [0, 0.1) is 5.92 Å². The third-order valence-electron chi connectivity index (χ3n) is 2.59. The summed E-state index contributed by atoms with van der Waals surface area (Å²) in [6, 6.07) is 0. The van der Waals surface area contributed by atoms with Crippen molar-refractivity contribution in [3.8, 4) is 0 Å². The zero-order chi connectivity index (χ0) is 10.8. The highest BCUT2D eigenvalue weighted by Crippen LogP contribution is 2.16. The summed E-state index contributed by atoms with van der Waals surface area (Å²) in [7, 11) is 0. The first-order valence-electron chi connectivity index (χ1n) is 5.47. The normalized spacial score (nSPS) is 23.9. The smallest absolute Gasteiger partial charge is 0.224 e. The number of nitrogens with one attached hydrogen (secondary N) is 1. The third kappa shape index (κ3) is 3.29. The van der Waals surface area contributed by atoms with E-state index in [1.807, 2.05) is 20.8 Å². The highest BCUT2D eigenvalue weighted by molar-refractivity contribution is 5.79. The van der Waals surface area contributed by atoms with Crippen LogP contribution in [-0.4, -0.2) is 36.0 Å². The maximum absolute atomic E-state index is 11.8. The maximum atomic E-state index is 11.8. The summed E-state index contributed by atoms with van der Waals surface area (Å²) < 4.78 is 0. The van der Waals surface area contributed by atoms with Crippen LogP contribution in [0.3, 0.4) is 0 Å². The molecule has 0 radical (unpaired) electrons. The lowest BCUT2D eigenvalue weighted by molar-refractivity contribution is -0.126. The Bertz CT molecular complexity index is 208. The summed E-state index contributed by atoms with van der Waals surface area (Å²) in [5, 5.41) is 3.04. The van der Waals surface area contributed by atoms with Crippen molar-refractivity contribution in [1.82, 2.24) is 10.2 Å². The minimum absolute atomic E-state index is 0.100. The molecule has 0 spiro atoms. The van der Waals surface area contributed by atoms with E-state index in [0.29, 0.717) is 0 Å². The van der Waals surface area contributed by atoms with Crippen molar-refractivity contribution in [2.75, 3.05) is 19.6 Å². The van der Waals surface area contributed by atoms with Crippen LogP contribution in [0.25, 0.3) is 0 Å². The lowest BCUT2D eigenvalue weighted by Gasteiger charge is -2.23. The van der Waals surface area contributed by atoms with Gasteiger partial charge in [0.15, 0.2) is 0 Å². The maximum Gasteiger partial charge on any atom is 0.224 e. The van der Waals surface area contributed by atoms with Gasteiger partial charge in [0.25, 0.3) is 0 Å². The van der Waals surface area contributed by atoms with Gasteiger partial charge in [0, 0.05) is 12.1 Å². The number of carbonyl (C=O) groups is 1. The molecule has 1 heterocycles. The first kappa shape index (κ1) is 11.5. The van der Waals surface area contributed by atoms with E-state index in [9.17, 15) is 4.79 Å². The SMILES string of the molecule is CCN1CCC(C(=O)NC(C)(C)C)C1. The number of hydrogen-bond acceptors (Lipinski definition) is 2. The Morgan fingerprint density at radius 3 is 2.57 bits per heavy atom. The van der Waals surface area contributed by atoms with Crippen LogP contribution in [0.2, 0.25) is 0 Å². The average molecular weight is 198 g/mol. The van der Waals surface area contributed by atoms with Gasteiger partial charge in [-0.15, -0.1) is 0 Å². The molecular formula is C11H22N2O. The standard InChI is InChI=1S/C11H22N2O/c1-5-13-7-6-9(8-13)10(14)12-11(2,3)4/h9H,5-8H2,1-4H3,(H,12,14). The summed E-state index contributed by atoms with van der Waals surface area (Å²) in [5.41, 5.74) is -0.100. The molecule has 14 heavy (non-hydrogen) atoms. The molecule has 1 unspecified atom stereocenters. The van der Waals surface area contributed by atoms with Crippen molar-refractivity contribution >= 4 is 5.91 Å². The number of hydrogen-bond donors (Lipinski definition) is 1. The van der Waals surface area contributed by atoms with Gasteiger partial charge >= 0.3 is 0 Å². The van der Waals surface area contributed by atoms with E-state index in [1.165, 1.54) is 0 Å². The van der Waals surface area contributed by atoms with Crippen molar-refractivity contribution < 1.29 is 4.79 Å². The van der Waals surface area contributed by atoms with Gasteiger partial charge < -0.3 is 10.2 Å². The molecule has 0 bridgehead atoms. The van der Waals surface area contributed by atoms with Crippen LogP contribution in [0.4, 0.5) is 0 Å². The van der Waals surface area contributed by atoms with Gasteiger partial charge in [0.05, 0.1) is 5.92 Å². The monoisotopic (exact) mass is 198 g/mol. The summed E-state index contributed by atoms with van der Waals surface area (Å²) in [6.45, 7) is 11.3. The summed E-state index contributed by atoms with van der Waals surface area (Å²) in [5.74, 6) is 0.419. The molecule has 0 aliphatic carbocycles. The molecule has 1 amide bonds. The Hall–Kier alpha value is -0.570. The van der Waals surface area contributed by atoms with Crippen molar-refractivity contribution in [2.24, 2.45) is 5.92 Å². The van der Waals surface area contributed by atoms with E-state index >= 15 is 0 Å². The molecular weight excluding hydrogens is 176 g/mol. The Kier molecular flexibility index (Phi) is 3.53. The first-order valence-corrected chi connectivity index (χ1v) is 5.47. The summed E-state index contributed by atoms with van der Waals surface area (Å²) in [6.07, 6.45) is 1.01. The number of nitrogens with zero attached hydrogens (tertiary/aromatic N) is 1. The molecule has 1 saturated heterocycles. The molecule has 1 aliphatic heterocycles. The van der Waals surface area contributed by atoms with Crippen LogP contribution in [-0.2, 0) is 4.79 Å². The van der Waals surface area contributed by atoms with Gasteiger partial charge in [-0.25, -0.2) is 0 Å². The third-order valence-corrected chi connectivity index (χ3v) is 2.59. The molecule has 1 fully saturated rings. The van der Waals surface area contributed by atoms with E-state index in [1.54, 1.807) is 0 Å². The largest absolute Gasteiger partial charge is 0.351 e. The zero-order valence-electron chi connectivity index (χ0n) is 9.76. The van der Waals surface area contributed by atoms with E-state index < -0.39 is 0 Å². The molecule has 82 valence electrons. The molecule has 0 aromatic carbocycles. The van der Waals surface area contributed by atoms with Gasteiger partial charge in [-0.3, -0.25) is 4.79 Å². The topological polar surface area (TPSA) is 32.3 Å². The fourth-order valence-electron chi connectivity index (χ4n) is 1.81. The van der Waals surface area contributed by atoms with Crippen molar-refractivity contribution in [3.05, 3.63) is 0 Å². The number of carbonyl (C=O) groups excluding carboxylic acids is 1. The summed E-state index contributed by atoms with van der Waals surface area (Å²) in [4.78, 5) is 14.1. The Morgan fingerprint density at radius 2 is 2.14 bits per heavy atom. The van der Waals surface area contributed by atoms with Crippen LogP contribution >= 0.6 is 0 Å². The Balaban J connectivity index is 2.40. The van der Waals surface area contributed by atoms with E-state index in [0.717, 1.165) is 26.1 Å². The molecule has 0 saturated carbocycles. The predicted octanol–water partition coefficient (Wildman–Crippen LogP) is 1.24. The van der Waals surface area contributed by atoms with Crippen molar-refractivity contribution in [1.29, 1.82) is 0 Å². The first-order chi connectivity index (χ1) is 6.42. The number of rotatable bonds is 2. The molecule has 3 heteroatoms. The van der Waals surface area contributed by atoms with Gasteiger partial charge in [-0.1, -0.05) is 6.92 Å². The lowest BCUT2D eigenvalue weighted by Crippen LogP contribution is -2.44. The quantitative estimate of drug-likeness (QED) is 0.724. The molecule has 0 aromatic rings. The predicted molar refractivity (Wildman–Crippen MR) is 58.1 cm³/mol. The summed E-state index contributed by atoms with van der Waals surface area (Å²) >= 11 is 0. The number of likely N-dealkylation sites (tertiary alicyclic amines) is 1. The Morgan fingerprint density at radius 1 is 1.50 bits per heavy atom. The van der Waals surface area contributed by atoms with E-state index in [2.05, 4.69) is 17.1 Å². The molecule has 1 rings (SSSR count).